The molecule has 1 amide bonds. The van der Waals surface area contributed by atoms with E-state index in [1.165, 1.54) is 12.8 Å². The Morgan fingerprint density at radius 3 is 2.90 bits per heavy atom. The second-order valence-corrected chi connectivity index (χ2v) is 8.78. The van der Waals surface area contributed by atoms with Gasteiger partial charge in [0.25, 0.3) is 0 Å². The van der Waals surface area contributed by atoms with E-state index in [1.807, 2.05) is 42.2 Å². The van der Waals surface area contributed by atoms with Crippen molar-refractivity contribution < 1.29 is 9.53 Å². The number of aryl methyl sites for hydroxylation is 1. The van der Waals surface area contributed by atoms with Crippen molar-refractivity contribution in [2.24, 2.45) is 5.92 Å². The van der Waals surface area contributed by atoms with E-state index in [0.29, 0.717) is 26.2 Å². The molecule has 1 atom stereocenters. The fourth-order valence-electron chi connectivity index (χ4n) is 4.54. The van der Waals surface area contributed by atoms with Crippen molar-refractivity contribution >= 4 is 11.9 Å². The van der Waals surface area contributed by atoms with Gasteiger partial charge in [0.2, 0.25) is 11.9 Å². The van der Waals surface area contributed by atoms with Gasteiger partial charge in [0.05, 0.1) is 30.7 Å². The van der Waals surface area contributed by atoms with Gasteiger partial charge >= 0.3 is 0 Å². The first-order chi connectivity index (χ1) is 14.1. The molecule has 2 aliphatic heterocycles. The van der Waals surface area contributed by atoms with Crippen molar-refractivity contribution in [3.63, 3.8) is 0 Å². The maximum absolute atomic E-state index is 12.9. The fourth-order valence-corrected chi connectivity index (χ4v) is 4.54. The molecule has 0 bridgehead atoms. The molecule has 1 saturated heterocycles. The van der Waals surface area contributed by atoms with Gasteiger partial charge in [-0.3, -0.25) is 4.79 Å². The number of nitrogens with zero attached hydrogens (tertiary/aromatic N) is 3. The number of ether oxygens (including phenoxy) is 1. The largest absolute Gasteiger partial charge is 0.376 e. The number of carbonyl (C=O) groups excluding carboxylic acids is 1. The van der Waals surface area contributed by atoms with Crippen molar-refractivity contribution in [3.8, 4) is 0 Å². The zero-order chi connectivity index (χ0) is 19.8. The highest BCUT2D eigenvalue weighted by atomic mass is 16.5. The number of carbonyl (C=O) groups is 1. The summed E-state index contributed by atoms with van der Waals surface area (Å²) in [5.74, 6) is 1.67. The van der Waals surface area contributed by atoms with Gasteiger partial charge in [-0.1, -0.05) is 30.3 Å². The number of hydrogen-bond acceptors (Lipinski definition) is 5. The molecule has 6 nitrogen and oxygen atoms in total. The number of anilines is 1. The zero-order valence-electron chi connectivity index (χ0n) is 17.0. The lowest BCUT2D eigenvalue weighted by Crippen LogP contribution is -2.42. The SMILES string of the molecule is Cc1nc(NCC2CC2)nc2c1COCC21CCN(C(=O)Cc2ccccc2)C1. The van der Waals surface area contributed by atoms with Crippen molar-refractivity contribution in [3.05, 3.63) is 52.8 Å². The average Bonchev–Trinajstić information content (AvgIpc) is 3.47. The summed E-state index contributed by atoms with van der Waals surface area (Å²) in [6.07, 6.45) is 3.93. The maximum atomic E-state index is 12.9. The number of fused-ring (bicyclic) bond motifs is 2. The van der Waals surface area contributed by atoms with Crippen molar-refractivity contribution in [2.75, 3.05) is 31.6 Å². The lowest BCUT2D eigenvalue weighted by Gasteiger charge is -2.35. The molecule has 2 fully saturated rings. The minimum Gasteiger partial charge on any atom is -0.376 e. The van der Waals surface area contributed by atoms with Crippen LogP contribution in [0.1, 0.15) is 41.8 Å². The van der Waals surface area contributed by atoms with E-state index in [4.69, 9.17) is 9.72 Å². The first-order valence-electron chi connectivity index (χ1n) is 10.6. The van der Waals surface area contributed by atoms with Crippen LogP contribution in [-0.2, 0) is 28.0 Å². The molecular weight excluding hydrogens is 364 g/mol. The summed E-state index contributed by atoms with van der Waals surface area (Å²) >= 11 is 0. The first-order valence-corrected chi connectivity index (χ1v) is 10.6. The summed E-state index contributed by atoms with van der Waals surface area (Å²) in [5.41, 5.74) is 4.02. The Morgan fingerprint density at radius 2 is 2.10 bits per heavy atom. The Hall–Kier alpha value is -2.47. The minimum absolute atomic E-state index is 0.179. The van der Waals surface area contributed by atoms with Gasteiger partial charge in [-0.05, 0) is 37.7 Å². The van der Waals surface area contributed by atoms with Crippen LogP contribution >= 0.6 is 0 Å². The molecule has 3 heterocycles. The van der Waals surface area contributed by atoms with Crippen molar-refractivity contribution in [1.29, 1.82) is 0 Å². The number of hydrogen-bond donors (Lipinski definition) is 1. The highest BCUT2D eigenvalue weighted by molar-refractivity contribution is 5.79. The van der Waals surface area contributed by atoms with Crippen LogP contribution in [0, 0.1) is 12.8 Å². The third-order valence-corrected chi connectivity index (χ3v) is 6.49. The fraction of sp³-hybridized carbons (Fsp3) is 0.522. The molecule has 1 N–H and O–H groups in total. The molecule has 1 unspecified atom stereocenters. The van der Waals surface area contributed by atoms with E-state index < -0.39 is 0 Å². The summed E-state index contributed by atoms with van der Waals surface area (Å²) in [7, 11) is 0. The lowest BCUT2D eigenvalue weighted by molar-refractivity contribution is -0.129. The Morgan fingerprint density at radius 1 is 1.28 bits per heavy atom. The quantitative estimate of drug-likeness (QED) is 0.848. The Kier molecular flexibility index (Phi) is 4.74. The van der Waals surface area contributed by atoms with Crippen LogP contribution in [0.25, 0.3) is 0 Å². The molecule has 5 rings (SSSR count). The molecule has 3 aliphatic rings. The molecule has 1 aromatic heterocycles. The van der Waals surface area contributed by atoms with Gasteiger partial charge in [0.1, 0.15) is 0 Å². The number of rotatable bonds is 5. The smallest absolute Gasteiger partial charge is 0.227 e. The minimum atomic E-state index is -0.219. The summed E-state index contributed by atoms with van der Waals surface area (Å²) in [5, 5.41) is 3.43. The van der Waals surface area contributed by atoms with E-state index in [2.05, 4.69) is 10.3 Å². The second kappa shape index (κ2) is 7.41. The molecule has 152 valence electrons. The highest BCUT2D eigenvalue weighted by Gasteiger charge is 2.46. The van der Waals surface area contributed by atoms with Crippen LogP contribution < -0.4 is 5.32 Å². The molecule has 1 aliphatic carbocycles. The first kappa shape index (κ1) is 18.6. The normalized spacial score (nSPS) is 23.3. The van der Waals surface area contributed by atoms with Gasteiger partial charge in [-0.15, -0.1) is 0 Å². The van der Waals surface area contributed by atoms with Gasteiger partial charge in [0, 0.05) is 30.9 Å². The Balaban J connectivity index is 1.36. The van der Waals surface area contributed by atoms with Gasteiger partial charge in [0.15, 0.2) is 0 Å². The van der Waals surface area contributed by atoms with Crippen LogP contribution in [0.3, 0.4) is 0 Å². The van der Waals surface area contributed by atoms with Crippen LogP contribution in [0.2, 0.25) is 0 Å². The van der Waals surface area contributed by atoms with E-state index in [9.17, 15) is 4.79 Å². The number of benzene rings is 1. The molecule has 0 radical (unpaired) electrons. The van der Waals surface area contributed by atoms with Gasteiger partial charge < -0.3 is 15.0 Å². The van der Waals surface area contributed by atoms with E-state index >= 15 is 0 Å². The van der Waals surface area contributed by atoms with Gasteiger partial charge in [-0.25, -0.2) is 9.97 Å². The van der Waals surface area contributed by atoms with Crippen molar-refractivity contribution in [2.45, 2.75) is 44.6 Å². The number of aromatic nitrogens is 2. The molecule has 6 heteroatoms. The standard InChI is InChI=1S/C23H28N4O2/c1-16-19-13-29-15-23(21(19)26-22(25-16)24-12-18-7-8-18)9-10-27(14-23)20(28)11-17-5-3-2-4-6-17/h2-6,18H,7-15H2,1H3,(H,24,25,26). The Labute approximate surface area is 171 Å². The van der Waals surface area contributed by atoms with E-state index in [0.717, 1.165) is 53.9 Å². The molecular formula is C23H28N4O2. The summed E-state index contributed by atoms with van der Waals surface area (Å²) in [4.78, 5) is 24.5. The summed E-state index contributed by atoms with van der Waals surface area (Å²) in [6, 6.07) is 9.96. The lowest BCUT2D eigenvalue weighted by atomic mass is 9.80. The van der Waals surface area contributed by atoms with E-state index in [-0.39, 0.29) is 11.3 Å². The summed E-state index contributed by atoms with van der Waals surface area (Å²) < 4.78 is 5.97. The molecule has 1 aromatic carbocycles. The van der Waals surface area contributed by atoms with E-state index in [1.54, 1.807) is 0 Å². The molecule has 1 spiro atoms. The third kappa shape index (κ3) is 3.73. The predicted molar refractivity (Wildman–Crippen MR) is 111 cm³/mol. The topological polar surface area (TPSA) is 67.4 Å². The molecule has 29 heavy (non-hydrogen) atoms. The van der Waals surface area contributed by atoms with Crippen LogP contribution in [0.4, 0.5) is 5.95 Å². The number of nitrogens with one attached hydrogen (secondary N) is 1. The molecule has 1 saturated carbocycles. The third-order valence-electron chi connectivity index (χ3n) is 6.49. The predicted octanol–water partition coefficient (Wildman–Crippen LogP) is 2.85. The summed E-state index contributed by atoms with van der Waals surface area (Å²) in [6.45, 7) is 5.59. The van der Waals surface area contributed by atoms with Crippen LogP contribution in [-0.4, -0.2) is 47.0 Å². The van der Waals surface area contributed by atoms with Gasteiger partial charge in [-0.2, -0.15) is 0 Å². The van der Waals surface area contributed by atoms with Crippen LogP contribution in [0.15, 0.2) is 30.3 Å². The zero-order valence-corrected chi connectivity index (χ0v) is 17.0. The van der Waals surface area contributed by atoms with Crippen LogP contribution in [0.5, 0.6) is 0 Å². The number of amides is 1. The highest BCUT2D eigenvalue weighted by Crippen LogP contribution is 2.40. The second-order valence-electron chi connectivity index (χ2n) is 8.78. The maximum Gasteiger partial charge on any atom is 0.227 e. The van der Waals surface area contributed by atoms with Crippen molar-refractivity contribution in [1.82, 2.24) is 14.9 Å². The average molecular weight is 393 g/mol. The molecule has 2 aromatic rings. The monoisotopic (exact) mass is 392 g/mol. The Bertz CT molecular complexity index is 913. The number of likely N-dealkylation sites (tertiary alicyclic amines) is 1.